The number of aryl methyl sites for hydroxylation is 2. The predicted octanol–water partition coefficient (Wildman–Crippen LogP) is 6.01. The van der Waals surface area contributed by atoms with Gasteiger partial charge in [-0.1, -0.05) is 30.0 Å². The van der Waals surface area contributed by atoms with Crippen LogP contribution in [0.2, 0.25) is 0 Å². The summed E-state index contributed by atoms with van der Waals surface area (Å²) in [4.78, 5) is 24.4. The van der Waals surface area contributed by atoms with Gasteiger partial charge >= 0.3 is 6.03 Å². The maximum absolute atomic E-state index is 12.3. The molecular weight excluding hydrogens is 374 g/mol. The molecule has 3 rings (SSSR count). The van der Waals surface area contributed by atoms with Gasteiger partial charge in [0.1, 0.15) is 0 Å². The molecule has 7 heteroatoms. The number of para-hydroxylation sites is 1. The van der Waals surface area contributed by atoms with E-state index in [4.69, 9.17) is 0 Å². The number of non-ortho nitro benzene ring substituents is 1. The molecule has 0 aliphatic carbocycles. The zero-order valence-electron chi connectivity index (χ0n) is 15.4. The fourth-order valence-electron chi connectivity index (χ4n) is 2.67. The molecule has 142 valence electrons. The number of hydrogen-bond acceptors (Lipinski definition) is 4. The van der Waals surface area contributed by atoms with Crippen LogP contribution in [0.15, 0.2) is 76.5 Å². The molecule has 0 saturated carbocycles. The average molecular weight is 393 g/mol. The average Bonchev–Trinajstić information content (AvgIpc) is 2.67. The molecule has 0 bridgehead atoms. The maximum atomic E-state index is 12.3. The van der Waals surface area contributed by atoms with Gasteiger partial charge in [0.25, 0.3) is 5.69 Å². The Kier molecular flexibility index (Phi) is 5.96. The Bertz CT molecular complexity index is 982. The van der Waals surface area contributed by atoms with Gasteiger partial charge in [-0.3, -0.25) is 10.1 Å². The zero-order valence-corrected chi connectivity index (χ0v) is 16.2. The SMILES string of the molecule is Cc1cccc(C)c1NC(=O)Nc1ccc(Sc2ccc([N+](=O)[O-])cc2)cc1. The second kappa shape index (κ2) is 8.58. The van der Waals surface area contributed by atoms with Crippen LogP contribution in [-0.4, -0.2) is 11.0 Å². The van der Waals surface area contributed by atoms with Crippen LogP contribution in [0.3, 0.4) is 0 Å². The summed E-state index contributed by atoms with van der Waals surface area (Å²) < 4.78 is 0. The summed E-state index contributed by atoms with van der Waals surface area (Å²) in [7, 11) is 0. The first-order chi connectivity index (χ1) is 13.4. The van der Waals surface area contributed by atoms with Crippen molar-refractivity contribution in [2.75, 3.05) is 10.6 Å². The highest BCUT2D eigenvalue weighted by Gasteiger charge is 2.08. The smallest absolute Gasteiger partial charge is 0.308 e. The van der Waals surface area contributed by atoms with Crippen LogP contribution in [-0.2, 0) is 0 Å². The highest BCUT2D eigenvalue weighted by molar-refractivity contribution is 7.99. The van der Waals surface area contributed by atoms with Gasteiger partial charge in [-0.2, -0.15) is 0 Å². The highest BCUT2D eigenvalue weighted by atomic mass is 32.2. The Balaban J connectivity index is 1.61. The number of carbonyl (C=O) groups is 1. The predicted molar refractivity (Wildman–Crippen MR) is 112 cm³/mol. The largest absolute Gasteiger partial charge is 0.323 e. The van der Waals surface area contributed by atoms with E-state index in [0.29, 0.717) is 5.69 Å². The van der Waals surface area contributed by atoms with Crippen molar-refractivity contribution < 1.29 is 9.72 Å². The lowest BCUT2D eigenvalue weighted by Crippen LogP contribution is -2.20. The summed E-state index contributed by atoms with van der Waals surface area (Å²) in [5.74, 6) is 0. The summed E-state index contributed by atoms with van der Waals surface area (Å²) in [5.41, 5.74) is 3.57. The molecule has 2 N–H and O–H groups in total. The minimum Gasteiger partial charge on any atom is -0.308 e. The van der Waals surface area contributed by atoms with Crippen LogP contribution in [0.25, 0.3) is 0 Å². The van der Waals surface area contributed by atoms with Gasteiger partial charge in [-0.15, -0.1) is 0 Å². The molecule has 0 saturated heterocycles. The second-order valence-electron chi connectivity index (χ2n) is 6.22. The maximum Gasteiger partial charge on any atom is 0.323 e. The molecule has 0 fully saturated rings. The number of urea groups is 1. The molecule has 0 atom stereocenters. The Labute approximate surface area is 167 Å². The van der Waals surface area contributed by atoms with Gasteiger partial charge in [0.05, 0.1) is 4.92 Å². The normalized spacial score (nSPS) is 10.4. The Hall–Kier alpha value is -3.32. The molecular formula is C21H19N3O3S. The van der Waals surface area contributed by atoms with Crippen LogP contribution < -0.4 is 10.6 Å². The summed E-state index contributed by atoms with van der Waals surface area (Å²) in [6, 6.07) is 19.4. The molecule has 0 spiro atoms. The van der Waals surface area contributed by atoms with Crippen LogP contribution in [0.1, 0.15) is 11.1 Å². The first kappa shape index (κ1) is 19.4. The lowest BCUT2D eigenvalue weighted by molar-refractivity contribution is -0.384. The Morgan fingerprint density at radius 3 is 1.93 bits per heavy atom. The standard InChI is InChI=1S/C21H19N3O3S/c1-14-4-3-5-15(2)20(14)23-21(25)22-16-6-10-18(11-7-16)28-19-12-8-17(9-13-19)24(26)27/h3-13H,1-2H3,(H2,22,23,25). The van der Waals surface area contributed by atoms with Gasteiger partial charge in [-0.25, -0.2) is 4.79 Å². The Morgan fingerprint density at radius 2 is 1.39 bits per heavy atom. The van der Waals surface area contributed by atoms with E-state index in [-0.39, 0.29) is 11.7 Å². The van der Waals surface area contributed by atoms with E-state index in [2.05, 4.69) is 10.6 Å². The molecule has 3 aromatic carbocycles. The molecule has 6 nitrogen and oxygen atoms in total. The van der Waals surface area contributed by atoms with E-state index in [1.807, 2.05) is 56.3 Å². The van der Waals surface area contributed by atoms with Crippen LogP contribution in [0.5, 0.6) is 0 Å². The summed E-state index contributed by atoms with van der Waals surface area (Å²) in [6.45, 7) is 3.90. The van der Waals surface area contributed by atoms with Crippen molar-refractivity contribution in [3.63, 3.8) is 0 Å². The topological polar surface area (TPSA) is 84.3 Å². The highest BCUT2D eigenvalue weighted by Crippen LogP contribution is 2.30. The van der Waals surface area contributed by atoms with E-state index < -0.39 is 4.92 Å². The van der Waals surface area contributed by atoms with Crippen molar-refractivity contribution in [3.8, 4) is 0 Å². The minimum atomic E-state index is -0.418. The number of amides is 2. The summed E-state index contributed by atoms with van der Waals surface area (Å²) in [6.07, 6.45) is 0. The monoisotopic (exact) mass is 393 g/mol. The second-order valence-corrected chi connectivity index (χ2v) is 7.37. The number of rotatable bonds is 5. The van der Waals surface area contributed by atoms with Crippen molar-refractivity contribution in [2.24, 2.45) is 0 Å². The number of nitro benzene ring substituents is 1. The van der Waals surface area contributed by atoms with Crippen molar-refractivity contribution in [2.45, 2.75) is 23.6 Å². The van der Waals surface area contributed by atoms with E-state index in [1.165, 1.54) is 23.9 Å². The quantitative estimate of drug-likeness (QED) is 0.411. The number of anilines is 2. The number of nitrogens with zero attached hydrogens (tertiary/aromatic N) is 1. The van der Waals surface area contributed by atoms with Gasteiger partial charge in [0.2, 0.25) is 0 Å². The fourth-order valence-corrected chi connectivity index (χ4v) is 3.48. The molecule has 0 aromatic heterocycles. The van der Waals surface area contributed by atoms with Gasteiger partial charge in [0, 0.05) is 33.3 Å². The van der Waals surface area contributed by atoms with Crippen molar-refractivity contribution in [1.29, 1.82) is 0 Å². The molecule has 0 radical (unpaired) electrons. The third-order valence-corrected chi connectivity index (χ3v) is 5.13. The van der Waals surface area contributed by atoms with Gasteiger partial charge in [0.15, 0.2) is 0 Å². The van der Waals surface area contributed by atoms with Crippen molar-refractivity contribution in [1.82, 2.24) is 0 Å². The van der Waals surface area contributed by atoms with Crippen LogP contribution in [0.4, 0.5) is 21.9 Å². The number of nitrogens with one attached hydrogen (secondary N) is 2. The van der Waals surface area contributed by atoms with E-state index in [9.17, 15) is 14.9 Å². The third-order valence-electron chi connectivity index (χ3n) is 4.12. The molecule has 0 aliphatic rings. The summed E-state index contributed by atoms with van der Waals surface area (Å²) >= 11 is 1.49. The molecule has 0 unspecified atom stereocenters. The molecule has 0 heterocycles. The van der Waals surface area contributed by atoms with Gasteiger partial charge in [-0.05, 0) is 61.4 Å². The zero-order chi connectivity index (χ0) is 20.1. The molecule has 28 heavy (non-hydrogen) atoms. The summed E-state index contributed by atoms with van der Waals surface area (Å²) in [5, 5.41) is 16.4. The van der Waals surface area contributed by atoms with Crippen molar-refractivity contribution >= 4 is 34.9 Å². The number of nitro groups is 1. The van der Waals surface area contributed by atoms with Gasteiger partial charge < -0.3 is 10.6 Å². The molecule has 3 aromatic rings. The van der Waals surface area contributed by atoms with Crippen molar-refractivity contribution in [3.05, 3.63) is 88.0 Å². The third kappa shape index (κ3) is 4.89. The van der Waals surface area contributed by atoms with E-state index >= 15 is 0 Å². The number of hydrogen-bond donors (Lipinski definition) is 2. The lowest BCUT2D eigenvalue weighted by atomic mass is 10.1. The fraction of sp³-hybridized carbons (Fsp3) is 0.0952. The van der Waals surface area contributed by atoms with E-state index in [1.54, 1.807) is 12.1 Å². The first-order valence-electron chi connectivity index (χ1n) is 8.59. The lowest BCUT2D eigenvalue weighted by Gasteiger charge is -2.12. The number of carbonyl (C=O) groups excluding carboxylic acids is 1. The van der Waals surface area contributed by atoms with Crippen LogP contribution >= 0.6 is 11.8 Å². The van der Waals surface area contributed by atoms with E-state index in [0.717, 1.165) is 26.6 Å². The minimum absolute atomic E-state index is 0.0683. The van der Waals surface area contributed by atoms with Crippen LogP contribution in [0, 0.1) is 24.0 Å². The number of benzene rings is 3. The first-order valence-corrected chi connectivity index (χ1v) is 9.40. The molecule has 2 amide bonds. The molecule has 0 aliphatic heterocycles. The Morgan fingerprint density at radius 1 is 0.857 bits per heavy atom.